The molecule has 0 saturated carbocycles. The summed E-state index contributed by atoms with van der Waals surface area (Å²) in [4.78, 5) is 10.5. The van der Waals surface area contributed by atoms with Crippen LogP contribution in [0, 0.1) is 10.1 Å². The van der Waals surface area contributed by atoms with Crippen molar-refractivity contribution >= 4 is 15.7 Å². The van der Waals surface area contributed by atoms with E-state index in [1.165, 1.54) is 18.2 Å². The summed E-state index contributed by atoms with van der Waals surface area (Å²) in [6.45, 7) is 5.12. The van der Waals surface area contributed by atoms with Crippen LogP contribution in [0.1, 0.15) is 20.8 Å². The monoisotopic (exact) mass is 394 g/mol. The van der Waals surface area contributed by atoms with Gasteiger partial charge in [-0.2, -0.15) is 0 Å². The Kier molecular flexibility index (Phi) is 4.70. The van der Waals surface area contributed by atoms with Crippen LogP contribution in [-0.4, -0.2) is 25.7 Å². The fourth-order valence-electron chi connectivity index (χ4n) is 2.42. The molecule has 1 aliphatic heterocycles. The third-order valence-electron chi connectivity index (χ3n) is 3.45. The first kappa shape index (κ1) is 18.9. The number of nitrogens with one attached hydrogen (secondary N) is 1. The minimum Gasteiger partial charge on any atom is -0.454 e. The van der Waals surface area contributed by atoms with Gasteiger partial charge in [0.05, 0.1) is 9.82 Å². The van der Waals surface area contributed by atoms with E-state index in [0.717, 1.165) is 6.07 Å². The van der Waals surface area contributed by atoms with Crippen molar-refractivity contribution in [1.29, 1.82) is 0 Å². The van der Waals surface area contributed by atoms with Gasteiger partial charge < -0.3 is 14.2 Å². The molecule has 0 spiro atoms. The molecule has 0 atom stereocenters. The number of hydrogen-bond acceptors (Lipinski definition) is 7. The van der Waals surface area contributed by atoms with Crippen molar-refractivity contribution in [1.82, 2.24) is 4.72 Å². The van der Waals surface area contributed by atoms with Crippen LogP contribution < -0.4 is 18.9 Å². The van der Waals surface area contributed by atoms with Gasteiger partial charge in [-0.25, -0.2) is 13.1 Å². The van der Waals surface area contributed by atoms with E-state index < -0.39 is 26.2 Å². The molecule has 0 radical (unpaired) electrons. The number of nitro groups is 1. The predicted molar refractivity (Wildman–Crippen MR) is 95.8 cm³/mol. The van der Waals surface area contributed by atoms with Gasteiger partial charge in [-0.1, -0.05) is 0 Å². The summed E-state index contributed by atoms with van der Waals surface area (Å²) < 4.78 is 43.3. The Morgan fingerprint density at radius 3 is 2.48 bits per heavy atom. The molecule has 1 heterocycles. The zero-order chi connectivity index (χ0) is 19.8. The number of benzene rings is 2. The van der Waals surface area contributed by atoms with E-state index in [9.17, 15) is 18.5 Å². The summed E-state index contributed by atoms with van der Waals surface area (Å²) in [6, 6.07) is 8.20. The van der Waals surface area contributed by atoms with Crippen molar-refractivity contribution < 1.29 is 27.6 Å². The van der Waals surface area contributed by atoms with E-state index in [1.54, 1.807) is 32.9 Å². The molecule has 144 valence electrons. The molecular weight excluding hydrogens is 376 g/mol. The zero-order valence-corrected chi connectivity index (χ0v) is 15.7. The maximum absolute atomic E-state index is 12.4. The molecule has 0 bridgehead atoms. The third-order valence-corrected chi connectivity index (χ3v) is 5.21. The van der Waals surface area contributed by atoms with Gasteiger partial charge in [-0.15, -0.1) is 0 Å². The summed E-state index contributed by atoms with van der Waals surface area (Å²) in [5.41, 5.74) is -1.20. The predicted octanol–water partition coefficient (Wildman–Crippen LogP) is 3.19. The molecule has 9 nitrogen and oxygen atoms in total. The maximum atomic E-state index is 12.4. The highest BCUT2D eigenvalue weighted by Crippen LogP contribution is 2.39. The number of fused-ring (bicyclic) bond motifs is 1. The molecular formula is C17H18N2O7S. The van der Waals surface area contributed by atoms with E-state index in [0.29, 0.717) is 17.2 Å². The van der Waals surface area contributed by atoms with Gasteiger partial charge in [-0.3, -0.25) is 10.1 Å². The summed E-state index contributed by atoms with van der Waals surface area (Å²) in [7, 11) is -3.92. The van der Waals surface area contributed by atoms with Gasteiger partial charge in [-0.05, 0) is 45.0 Å². The van der Waals surface area contributed by atoms with Crippen molar-refractivity contribution in [3.63, 3.8) is 0 Å². The van der Waals surface area contributed by atoms with E-state index >= 15 is 0 Å². The number of sulfonamides is 1. The largest absolute Gasteiger partial charge is 0.454 e. The molecule has 0 aromatic heterocycles. The van der Waals surface area contributed by atoms with Crippen molar-refractivity contribution in [3.05, 3.63) is 46.5 Å². The first-order chi connectivity index (χ1) is 12.5. The van der Waals surface area contributed by atoms with Crippen LogP contribution in [-0.2, 0) is 10.0 Å². The van der Waals surface area contributed by atoms with E-state index in [-0.39, 0.29) is 17.4 Å². The van der Waals surface area contributed by atoms with Crippen LogP contribution in [0.5, 0.6) is 23.0 Å². The van der Waals surface area contributed by atoms with E-state index in [1.807, 2.05) is 0 Å². The Morgan fingerprint density at radius 2 is 1.81 bits per heavy atom. The average Bonchev–Trinajstić information content (AvgIpc) is 3.00. The van der Waals surface area contributed by atoms with Gasteiger partial charge in [0.1, 0.15) is 5.75 Å². The van der Waals surface area contributed by atoms with Gasteiger partial charge in [0.25, 0.3) is 0 Å². The summed E-state index contributed by atoms with van der Waals surface area (Å²) >= 11 is 0. The summed E-state index contributed by atoms with van der Waals surface area (Å²) in [6.07, 6.45) is 0. The third kappa shape index (κ3) is 4.29. The lowest BCUT2D eigenvalue weighted by Crippen LogP contribution is -2.40. The van der Waals surface area contributed by atoms with Crippen LogP contribution in [0.15, 0.2) is 41.3 Å². The fourth-order valence-corrected chi connectivity index (χ4v) is 3.86. The molecule has 0 amide bonds. The van der Waals surface area contributed by atoms with Gasteiger partial charge in [0, 0.05) is 17.7 Å². The van der Waals surface area contributed by atoms with Crippen LogP contribution in [0.2, 0.25) is 0 Å². The number of nitrogens with zero attached hydrogens (tertiary/aromatic N) is 1. The van der Waals surface area contributed by atoms with Crippen molar-refractivity contribution in [2.45, 2.75) is 31.2 Å². The van der Waals surface area contributed by atoms with Gasteiger partial charge in [0.2, 0.25) is 22.6 Å². The molecule has 27 heavy (non-hydrogen) atoms. The normalized spacial score (nSPS) is 13.4. The molecule has 2 aromatic carbocycles. The molecule has 0 fully saturated rings. The standard InChI is InChI=1S/C17H18N2O7S/c1-17(2,3)18-27(22,23)12-5-7-14(13(9-12)19(20)21)26-11-4-6-15-16(8-11)25-10-24-15/h4-9,18H,10H2,1-3H3. The molecule has 0 saturated heterocycles. The Morgan fingerprint density at radius 1 is 1.11 bits per heavy atom. The molecule has 2 aromatic rings. The van der Waals surface area contributed by atoms with Crippen LogP contribution in [0.3, 0.4) is 0 Å². The molecule has 10 heteroatoms. The highest BCUT2D eigenvalue weighted by Gasteiger charge is 2.26. The maximum Gasteiger partial charge on any atom is 0.312 e. The molecule has 1 aliphatic rings. The lowest BCUT2D eigenvalue weighted by Gasteiger charge is -2.20. The zero-order valence-electron chi connectivity index (χ0n) is 14.9. The topological polar surface area (TPSA) is 117 Å². The highest BCUT2D eigenvalue weighted by molar-refractivity contribution is 7.89. The Labute approximate surface area is 156 Å². The second-order valence-corrected chi connectivity index (χ2v) is 8.54. The molecule has 3 rings (SSSR count). The SMILES string of the molecule is CC(C)(C)NS(=O)(=O)c1ccc(Oc2ccc3c(c2)OCO3)c([N+](=O)[O-])c1. The molecule has 0 unspecified atom stereocenters. The average molecular weight is 394 g/mol. The molecule has 1 N–H and O–H groups in total. The quantitative estimate of drug-likeness (QED) is 0.611. The van der Waals surface area contributed by atoms with Crippen LogP contribution in [0.25, 0.3) is 0 Å². The minimum atomic E-state index is -3.92. The Hall–Kier alpha value is -2.85. The van der Waals surface area contributed by atoms with Crippen LogP contribution in [0.4, 0.5) is 5.69 Å². The number of ether oxygens (including phenoxy) is 3. The van der Waals surface area contributed by atoms with Crippen molar-refractivity contribution in [2.24, 2.45) is 0 Å². The Bertz CT molecular complexity index is 997. The Balaban J connectivity index is 1.94. The second kappa shape index (κ2) is 6.71. The van der Waals surface area contributed by atoms with Crippen molar-refractivity contribution in [3.8, 4) is 23.0 Å². The molecule has 0 aliphatic carbocycles. The first-order valence-corrected chi connectivity index (χ1v) is 9.43. The number of hydrogen-bond donors (Lipinski definition) is 1. The van der Waals surface area contributed by atoms with Crippen molar-refractivity contribution in [2.75, 3.05) is 6.79 Å². The lowest BCUT2D eigenvalue weighted by atomic mass is 10.1. The summed E-state index contributed by atoms with van der Waals surface area (Å²) in [5.74, 6) is 1.22. The fraction of sp³-hybridized carbons (Fsp3) is 0.294. The number of nitro benzene ring substituents is 1. The van der Waals surface area contributed by atoms with Gasteiger partial charge in [0.15, 0.2) is 11.5 Å². The van der Waals surface area contributed by atoms with E-state index in [4.69, 9.17) is 14.2 Å². The lowest BCUT2D eigenvalue weighted by molar-refractivity contribution is -0.385. The number of rotatable bonds is 5. The first-order valence-electron chi connectivity index (χ1n) is 7.95. The van der Waals surface area contributed by atoms with E-state index in [2.05, 4.69) is 4.72 Å². The summed E-state index contributed by atoms with van der Waals surface area (Å²) in [5, 5.41) is 11.4. The second-order valence-electron chi connectivity index (χ2n) is 6.86. The van der Waals surface area contributed by atoms with Gasteiger partial charge >= 0.3 is 5.69 Å². The minimum absolute atomic E-state index is 0.0893. The van der Waals surface area contributed by atoms with Crippen LogP contribution >= 0.6 is 0 Å². The highest BCUT2D eigenvalue weighted by atomic mass is 32.2. The smallest absolute Gasteiger partial charge is 0.312 e.